The van der Waals surface area contributed by atoms with Gasteiger partial charge in [0.05, 0.1) is 0 Å². The number of benzene rings is 4. The predicted octanol–water partition coefficient (Wildman–Crippen LogP) is 10.2. The molecule has 1 atom stereocenters. The first kappa shape index (κ1) is 48.4. The number of nitrogen functional groups attached to an aromatic ring is 2. The van der Waals surface area contributed by atoms with E-state index in [4.69, 9.17) is 35.1 Å². The lowest BCUT2D eigenvalue weighted by molar-refractivity contribution is 0.690. The molecule has 0 amide bonds. The Bertz CT molecular complexity index is 2100. The van der Waals surface area contributed by atoms with E-state index in [0.29, 0.717) is 0 Å². The minimum absolute atomic E-state index is 0.0816. The Balaban J connectivity index is 0.000000371. The maximum absolute atomic E-state index is 7.73. The lowest BCUT2D eigenvalue weighted by Crippen LogP contribution is -2.16. The summed E-state index contributed by atoms with van der Waals surface area (Å²) < 4.78 is 0. The number of nitrogens with one attached hydrogen (secondary N) is 4. The predicted molar refractivity (Wildman–Crippen MR) is 254 cm³/mol. The van der Waals surface area contributed by atoms with Crippen molar-refractivity contribution in [2.45, 2.75) is 59.0 Å². The molecule has 0 spiro atoms. The van der Waals surface area contributed by atoms with Crippen molar-refractivity contribution < 1.29 is 0 Å². The summed E-state index contributed by atoms with van der Waals surface area (Å²) >= 11 is 0. The summed E-state index contributed by atoms with van der Waals surface area (Å²) in [6.07, 6.45) is 35.2. The third kappa shape index (κ3) is 22.0. The number of hydrogen-bond donors (Lipinski definition) is 6. The van der Waals surface area contributed by atoms with Crippen molar-refractivity contribution >= 4 is 11.7 Å². The summed E-state index contributed by atoms with van der Waals surface area (Å²) in [6.45, 7) is 9.89. The molecule has 6 heteroatoms. The third-order valence-electron chi connectivity index (χ3n) is 8.90. The van der Waals surface area contributed by atoms with Crippen LogP contribution in [0, 0.1) is 42.4 Å². The molecule has 59 heavy (non-hydrogen) atoms. The van der Waals surface area contributed by atoms with Crippen LogP contribution in [0.2, 0.25) is 0 Å². The highest BCUT2D eigenvalue weighted by Crippen LogP contribution is 2.26. The Morgan fingerprint density at radius 1 is 0.729 bits per heavy atom. The average Bonchev–Trinajstić information content (AvgIpc) is 3.25. The Labute approximate surface area is 354 Å². The standard InChI is InChI=1S/C29H31N3.C17H23N.C7H8N2/c1-3-4-11-25(27-12-8-13-28(19-27)29(30)31)16-17-26-18-24(15-14-22(26)2)21-32-20-23-9-6-5-7-10-23;1-4-6-8-10-11-13-15-18-16-17(3)14-12-9-7-5-2;8-7(9)6-4-2-1-3-5-6/h1,4-15,18-19,25,32H,16-17,20-21H2,2H3,(H3,30,31);1,5-12,14,18H,13,15-16H2,2-3H3;1-5H,(H3,8,9)/b11-4-;7-5-,8-6-,11-10-,12-9-,17-14+;. The van der Waals surface area contributed by atoms with Crippen LogP contribution in [0.3, 0.4) is 0 Å². The molecule has 0 fully saturated rings. The van der Waals surface area contributed by atoms with Gasteiger partial charge in [0, 0.05) is 36.7 Å². The molecule has 0 heterocycles. The zero-order valence-electron chi connectivity index (χ0n) is 35.0. The molecule has 4 aromatic rings. The van der Waals surface area contributed by atoms with E-state index >= 15 is 0 Å². The molecule has 0 aliphatic carbocycles. The number of nitrogens with two attached hydrogens (primary N) is 2. The molecule has 1 unspecified atom stereocenters. The van der Waals surface area contributed by atoms with Crippen molar-refractivity contribution in [1.82, 2.24) is 10.6 Å². The first-order chi connectivity index (χ1) is 28.7. The quantitative estimate of drug-likeness (QED) is 0.0186. The minimum atomic E-state index is 0.0816. The fourth-order valence-corrected chi connectivity index (χ4v) is 5.67. The molecule has 4 aromatic carbocycles. The Morgan fingerprint density at radius 2 is 1.41 bits per heavy atom. The molecule has 0 saturated heterocycles. The normalized spacial score (nSPS) is 11.8. The van der Waals surface area contributed by atoms with E-state index in [2.05, 4.69) is 109 Å². The largest absolute Gasteiger partial charge is 0.384 e. The number of terminal acetylenes is 2. The maximum Gasteiger partial charge on any atom is 0.122 e. The number of hydrogen-bond acceptors (Lipinski definition) is 4. The molecule has 6 nitrogen and oxygen atoms in total. The first-order valence-corrected chi connectivity index (χ1v) is 19.9. The van der Waals surface area contributed by atoms with Crippen molar-refractivity contribution in [1.29, 1.82) is 10.8 Å². The van der Waals surface area contributed by atoms with E-state index in [1.54, 1.807) is 12.2 Å². The van der Waals surface area contributed by atoms with Crippen LogP contribution in [0.25, 0.3) is 0 Å². The second kappa shape index (κ2) is 30.4. The SMILES string of the molecule is C#C/C=C\C(CCc1cc(CNCc2ccccc2)ccc1C)c1cccc(C(=N)N)c1.C#C/C=C\C=C/CCNC/C(C)=C/C=C\C=C/C.N=C(N)c1ccccc1. The van der Waals surface area contributed by atoms with Crippen LogP contribution in [0.1, 0.15) is 71.6 Å². The highest BCUT2D eigenvalue weighted by atomic mass is 14.8. The second-order valence-electron chi connectivity index (χ2n) is 13.7. The van der Waals surface area contributed by atoms with Gasteiger partial charge in [-0.3, -0.25) is 10.8 Å². The molecule has 0 radical (unpaired) electrons. The lowest BCUT2D eigenvalue weighted by atomic mass is 9.89. The number of allylic oxidation sites excluding steroid dienone is 10. The molecular formula is C53H62N6. The van der Waals surface area contributed by atoms with E-state index in [9.17, 15) is 0 Å². The van der Waals surface area contributed by atoms with Crippen molar-refractivity contribution in [3.05, 3.63) is 214 Å². The van der Waals surface area contributed by atoms with Crippen LogP contribution < -0.4 is 22.1 Å². The molecular weight excluding hydrogens is 721 g/mol. The minimum Gasteiger partial charge on any atom is -0.384 e. The Hall–Kier alpha value is -6.70. The zero-order valence-corrected chi connectivity index (χ0v) is 35.0. The smallest absolute Gasteiger partial charge is 0.122 e. The van der Waals surface area contributed by atoms with Crippen LogP contribution in [-0.2, 0) is 19.5 Å². The number of rotatable bonds is 19. The molecule has 0 bridgehead atoms. The molecule has 304 valence electrons. The molecule has 0 saturated carbocycles. The summed E-state index contributed by atoms with van der Waals surface area (Å²) in [5.74, 6) is 5.43. The van der Waals surface area contributed by atoms with Crippen LogP contribution in [0.5, 0.6) is 0 Å². The summed E-state index contributed by atoms with van der Waals surface area (Å²) in [4.78, 5) is 0. The topological polar surface area (TPSA) is 124 Å². The Morgan fingerprint density at radius 3 is 2.07 bits per heavy atom. The van der Waals surface area contributed by atoms with Crippen LogP contribution >= 0.6 is 0 Å². The van der Waals surface area contributed by atoms with Gasteiger partial charge in [0.15, 0.2) is 0 Å². The van der Waals surface area contributed by atoms with E-state index < -0.39 is 0 Å². The van der Waals surface area contributed by atoms with E-state index in [-0.39, 0.29) is 17.6 Å². The molecule has 0 aromatic heterocycles. The maximum atomic E-state index is 7.73. The van der Waals surface area contributed by atoms with Crippen LogP contribution in [-0.4, -0.2) is 24.8 Å². The highest BCUT2D eigenvalue weighted by Gasteiger charge is 2.12. The summed E-state index contributed by atoms with van der Waals surface area (Å²) in [6, 6.07) is 34.3. The monoisotopic (exact) mass is 783 g/mol. The third-order valence-corrected chi connectivity index (χ3v) is 8.90. The first-order valence-electron chi connectivity index (χ1n) is 19.9. The number of aryl methyl sites for hydroxylation is 2. The van der Waals surface area contributed by atoms with Crippen molar-refractivity contribution in [2.75, 3.05) is 13.1 Å². The van der Waals surface area contributed by atoms with Gasteiger partial charge in [0.1, 0.15) is 11.7 Å². The van der Waals surface area contributed by atoms with Gasteiger partial charge in [0.2, 0.25) is 0 Å². The van der Waals surface area contributed by atoms with Gasteiger partial charge in [0.25, 0.3) is 0 Å². The van der Waals surface area contributed by atoms with Gasteiger partial charge in [-0.1, -0.05) is 169 Å². The zero-order chi connectivity index (χ0) is 42.9. The summed E-state index contributed by atoms with van der Waals surface area (Å²) in [5, 5.41) is 21.7. The Kier molecular flexibility index (Phi) is 25.0. The van der Waals surface area contributed by atoms with Crippen LogP contribution in [0.4, 0.5) is 0 Å². The van der Waals surface area contributed by atoms with Gasteiger partial charge >= 0.3 is 0 Å². The van der Waals surface area contributed by atoms with Gasteiger partial charge in [-0.05, 0) is 92.6 Å². The van der Waals surface area contributed by atoms with Gasteiger partial charge < -0.3 is 22.1 Å². The van der Waals surface area contributed by atoms with Crippen molar-refractivity contribution in [2.24, 2.45) is 11.5 Å². The number of amidine groups is 2. The summed E-state index contributed by atoms with van der Waals surface area (Å²) in [7, 11) is 0. The van der Waals surface area contributed by atoms with Crippen molar-refractivity contribution in [3.63, 3.8) is 0 Å². The van der Waals surface area contributed by atoms with E-state index in [1.165, 1.54) is 27.8 Å². The lowest BCUT2D eigenvalue weighted by Gasteiger charge is -2.16. The fourth-order valence-electron chi connectivity index (χ4n) is 5.67. The van der Waals surface area contributed by atoms with Crippen molar-refractivity contribution in [3.8, 4) is 24.7 Å². The van der Waals surface area contributed by atoms with E-state index in [1.807, 2.05) is 91.9 Å². The van der Waals surface area contributed by atoms with Gasteiger partial charge in [-0.2, -0.15) is 0 Å². The van der Waals surface area contributed by atoms with Crippen LogP contribution in [0.15, 0.2) is 176 Å². The van der Waals surface area contributed by atoms with Gasteiger partial charge in [-0.25, -0.2) is 0 Å². The molecule has 0 aliphatic rings. The average molecular weight is 783 g/mol. The molecule has 8 N–H and O–H groups in total. The van der Waals surface area contributed by atoms with E-state index in [0.717, 1.165) is 62.1 Å². The second-order valence-corrected chi connectivity index (χ2v) is 13.7. The molecule has 4 rings (SSSR count). The summed E-state index contributed by atoms with van der Waals surface area (Å²) in [5.41, 5.74) is 20.1. The highest BCUT2D eigenvalue weighted by molar-refractivity contribution is 5.95. The fraction of sp³-hybridized carbons (Fsp3) is 0.208. The van der Waals surface area contributed by atoms with Gasteiger partial charge in [-0.15, -0.1) is 12.8 Å². The molecule has 0 aliphatic heterocycles.